The van der Waals surface area contributed by atoms with Crippen LogP contribution in [0.3, 0.4) is 0 Å². The van der Waals surface area contributed by atoms with Crippen molar-refractivity contribution in [1.82, 2.24) is 0 Å². The third-order valence-electron chi connectivity index (χ3n) is 3.67. The average Bonchev–Trinajstić information content (AvgIpc) is 2.52. The molecule has 1 rings (SSSR count). The first-order valence-corrected chi connectivity index (χ1v) is 8.19. The van der Waals surface area contributed by atoms with Crippen LogP contribution in [0, 0.1) is 5.92 Å². The van der Waals surface area contributed by atoms with Gasteiger partial charge in [0.2, 0.25) is 0 Å². The zero-order chi connectivity index (χ0) is 16.4. The first kappa shape index (κ1) is 18.3. The average molecular weight is 308 g/mol. The molecule has 0 fully saturated rings. The lowest BCUT2D eigenvalue weighted by Crippen LogP contribution is -2.15. The number of carboxylic acids is 1. The van der Waals surface area contributed by atoms with Gasteiger partial charge in [0.1, 0.15) is 0 Å². The SMILES string of the molecule is CCCC(CC)Oc1ccccc1OCCCC(C)C(=O)O. The van der Waals surface area contributed by atoms with Gasteiger partial charge < -0.3 is 14.6 Å². The lowest BCUT2D eigenvalue weighted by Gasteiger charge is -2.19. The van der Waals surface area contributed by atoms with Crippen LogP contribution in [-0.2, 0) is 4.79 Å². The van der Waals surface area contributed by atoms with Crippen molar-refractivity contribution in [2.45, 2.75) is 59.0 Å². The Bertz CT molecular complexity index is 444. The van der Waals surface area contributed by atoms with E-state index < -0.39 is 5.97 Å². The van der Waals surface area contributed by atoms with Crippen molar-refractivity contribution in [2.75, 3.05) is 6.61 Å². The highest BCUT2D eigenvalue weighted by molar-refractivity contribution is 5.69. The third kappa shape index (κ3) is 6.37. The van der Waals surface area contributed by atoms with E-state index in [1.165, 1.54) is 0 Å². The van der Waals surface area contributed by atoms with Crippen molar-refractivity contribution < 1.29 is 19.4 Å². The second-order valence-electron chi connectivity index (χ2n) is 5.61. The Labute approximate surface area is 133 Å². The van der Waals surface area contributed by atoms with Gasteiger partial charge in [0.05, 0.1) is 18.6 Å². The summed E-state index contributed by atoms with van der Waals surface area (Å²) in [6.07, 6.45) is 4.63. The smallest absolute Gasteiger partial charge is 0.306 e. The second-order valence-corrected chi connectivity index (χ2v) is 5.61. The molecule has 1 N–H and O–H groups in total. The molecule has 22 heavy (non-hydrogen) atoms. The van der Waals surface area contributed by atoms with E-state index in [0.29, 0.717) is 19.4 Å². The van der Waals surface area contributed by atoms with Crippen molar-refractivity contribution in [1.29, 1.82) is 0 Å². The van der Waals surface area contributed by atoms with Gasteiger partial charge in [0, 0.05) is 0 Å². The van der Waals surface area contributed by atoms with Crippen LogP contribution in [-0.4, -0.2) is 23.8 Å². The standard InChI is InChI=1S/C18H28O4/c1-4-9-15(5-2)22-17-12-7-6-11-16(17)21-13-8-10-14(3)18(19)20/h6-7,11-12,14-15H,4-5,8-10,13H2,1-3H3,(H,19,20). The Morgan fingerprint density at radius 2 is 1.86 bits per heavy atom. The van der Waals surface area contributed by atoms with Crippen molar-refractivity contribution in [3.05, 3.63) is 24.3 Å². The maximum atomic E-state index is 10.8. The molecule has 0 amide bonds. The molecule has 4 heteroatoms. The van der Waals surface area contributed by atoms with E-state index in [9.17, 15) is 4.79 Å². The third-order valence-corrected chi connectivity index (χ3v) is 3.67. The molecule has 0 aromatic heterocycles. The quantitative estimate of drug-likeness (QED) is 0.610. The van der Waals surface area contributed by atoms with Crippen LogP contribution in [0.15, 0.2) is 24.3 Å². The molecule has 2 unspecified atom stereocenters. The van der Waals surface area contributed by atoms with Crippen LogP contribution in [0.25, 0.3) is 0 Å². The fourth-order valence-corrected chi connectivity index (χ4v) is 2.21. The predicted octanol–water partition coefficient (Wildman–Crippen LogP) is 4.52. The maximum absolute atomic E-state index is 10.8. The molecule has 0 aliphatic rings. The minimum atomic E-state index is -0.755. The van der Waals surface area contributed by atoms with Gasteiger partial charge in [0.25, 0.3) is 0 Å². The molecule has 0 aliphatic carbocycles. The zero-order valence-electron chi connectivity index (χ0n) is 13.9. The van der Waals surface area contributed by atoms with Gasteiger partial charge in [-0.05, 0) is 37.8 Å². The summed E-state index contributed by atoms with van der Waals surface area (Å²) in [7, 11) is 0. The summed E-state index contributed by atoms with van der Waals surface area (Å²) >= 11 is 0. The van der Waals surface area contributed by atoms with Crippen molar-refractivity contribution in [2.24, 2.45) is 5.92 Å². The van der Waals surface area contributed by atoms with E-state index in [-0.39, 0.29) is 12.0 Å². The fraction of sp³-hybridized carbons (Fsp3) is 0.611. The Balaban J connectivity index is 2.51. The summed E-state index contributed by atoms with van der Waals surface area (Å²) in [5, 5.41) is 8.86. The zero-order valence-corrected chi connectivity index (χ0v) is 13.9. The highest BCUT2D eigenvalue weighted by Crippen LogP contribution is 2.29. The number of aliphatic carboxylic acids is 1. The van der Waals surface area contributed by atoms with Crippen LogP contribution >= 0.6 is 0 Å². The number of para-hydroxylation sites is 2. The first-order valence-electron chi connectivity index (χ1n) is 8.19. The maximum Gasteiger partial charge on any atom is 0.306 e. The van der Waals surface area contributed by atoms with Gasteiger partial charge in [-0.3, -0.25) is 4.79 Å². The molecule has 4 nitrogen and oxygen atoms in total. The molecular formula is C18H28O4. The van der Waals surface area contributed by atoms with Gasteiger partial charge in [-0.1, -0.05) is 39.3 Å². The van der Waals surface area contributed by atoms with Crippen molar-refractivity contribution in [3.63, 3.8) is 0 Å². The van der Waals surface area contributed by atoms with E-state index in [1.54, 1.807) is 6.92 Å². The molecule has 0 aliphatic heterocycles. The Morgan fingerprint density at radius 3 is 2.45 bits per heavy atom. The summed E-state index contributed by atoms with van der Waals surface area (Å²) in [5.41, 5.74) is 0. The molecule has 1 aromatic carbocycles. The van der Waals surface area contributed by atoms with Gasteiger partial charge in [-0.25, -0.2) is 0 Å². The van der Waals surface area contributed by atoms with Gasteiger partial charge >= 0.3 is 5.97 Å². The van der Waals surface area contributed by atoms with Crippen LogP contribution < -0.4 is 9.47 Å². The number of rotatable bonds is 11. The van der Waals surface area contributed by atoms with Gasteiger partial charge in [-0.15, -0.1) is 0 Å². The second kappa shape index (κ2) is 10.1. The van der Waals surface area contributed by atoms with Crippen LogP contribution in [0.4, 0.5) is 0 Å². The highest BCUT2D eigenvalue weighted by atomic mass is 16.5. The van der Waals surface area contributed by atoms with Gasteiger partial charge in [0.15, 0.2) is 11.5 Å². The summed E-state index contributed by atoms with van der Waals surface area (Å²) in [6, 6.07) is 7.68. The number of carbonyl (C=O) groups is 1. The lowest BCUT2D eigenvalue weighted by molar-refractivity contribution is -0.141. The minimum Gasteiger partial charge on any atom is -0.490 e. The highest BCUT2D eigenvalue weighted by Gasteiger charge is 2.12. The molecule has 2 atom stereocenters. The summed E-state index contributed by atoms with van der Waals surface area (Å²) < 4.78 is 11.8. The summed E-state index contributed by atoms with van der Waals surface area (Å²) in [5.74, 6) is 0.423. The Morgan fingerprint density at radius 1 is 1.18 bits per heavy atom. The number of hydrogen-bond acceptors (Lipinski definition) is 3. The van der Waals surface area contributed by atoms with E-state index in [2.05, 4.69) is 13.8 Å². The molecule has 1 aromatic rings. The molecule has 124 valence electrons. The molecular weight excluding hydrogens is 280 g/mol. The number of ether oxygens (including phenoxy) is 2. The van der Waals surface area contributed by atoms with E-state index in [4.69, 9.17) is 14.6 Å². The molecule has 0 saturated heterocycles. The van der Waals surface area contributed by atoms with Crippen molar-refractivity contribution in [3.8, 4) is 11.5 Å². The summed E-state index contributed by atoms with van der Waals surface area (Å²) in [6.45, 7) is 6.49. The molecule has 0 radical (unpaired) electrons. The van der Waals surface area contributed by atoms with Crippen LogP contribution in [0.5, 0.6) is 11.5 Å². The van der Waals surface area contributed by atoms with E-state index >= 15 is 0 Å². The molecule has 0 spiro atoms. The summed E-state index contributed by atoms with van der Waals surface area (Å²) in [4.78, 5) is 10.8. The minimum absolute atomic E-state index is 0.210. The number of carboxylic acid groups (broad SMARTS) is 1. The normalized spacial score (nSPS) is 13.4. The number of hydrogen-bond donors (Lipinski definition) is 1. The van der Waals surface area contributed by atoms with Crippen LogP contribution in [0.2, 0.25) is 0 Å². The van der Waals surface area contributed by atoms with E-state index in [0.717, 1.165) is 30.8 Å². The molecule has 0 saturated carbocycles. The molecule has 0 bridgehead atoms. The monoisotopic (exact) mass is 308 g/mol. The first-order chi connectivity index (χ1) is 10.6. The van der Waals surface area contributed by atoms with Gasteiger partial charge in [-0.2, -0.15) is 0 Å². The van der Waals surface area contributed by atoms with E-state index in [1.807, 2.05) is 24.3 Å². The predicted molar refractivity (Wildman–Crippen MR) is 87.6 cm³/mol. The Hall–Kier alpha value is -1.71. The Kier molecular flexibility index (Phi) is 8.41. The van der Waals surface area contributed by atoms with Crippen molar-refractivity contribution >= 4 is 5.97 Å². The largest absolute Gasteiger partial charge is 0.490 e. The number of benzene rings is 1. The lowest BCUT2D eigenvalue weighted by atomic mass is 10.1. The molecule has 0 heterocycles. The fourth-order valence-electron chi connectivity index (χ4n) is 2.21. The topological polar surface area (TPSA) is 55.8 Å². The van der Waals surface area contributed by atoms with Crippen LogP contribution in [0.1, 0.15) is 52.9 Å².